The Morgan fingerprint density at radius 2 is 0.780 bits per heavy atom. The van der Waals surface area contributed by atoms with Gasteiger partial charge in [0, 0.05) is 192 Å². The van der Waals surface area contributed by atoms with Gasteiger partial charge in [-0.05, 0) is 210 Å². The SMILES string of the molecule is CC(C)(C)OC(=O)N1CCC[C@@H](c2ccccn2)C1.CC(C)(C)OC(=O)N1CCC[C@@H](c2ccccn2)C1.CCOC(=O)C(C)=O.CCOC(=O)C(C)=O.NC[C@@H](N)c1ccccn1.NC[C@H](N)c1ccccn1.O=C(Cl)OCc1ccccc1.O=C1C[C@@H](c2ccccn2)CNC1=O.c1ccc([C@@H]2CCCNC2)nc1.c1ccc([C@@H]2CCCNC2)nc1. The molecule has 3 amide bonds. The summed E-state index contributed by atoms with van der Waals surface area (Å²) >= 11 is 4.97. The maximum atomic E-state index is 12.1. The van der Waals surface area contributed by atoms with Crippen molar-refractivity contribution in [1.29, 1.82) is 0 Å². The molecule has 7 atom stereocenters. The van der Waals surface area contributed by atoms with Crippen LogP contribution in [0.25, 0.3) is 0 Å². The largest absolute Gasteiger partial charge is 0.460 e. The third kappa shape index (κ3) is 44.9. The van der Waals surface area contributed by atoms with Crippen LogP contribution in [-0.2, 0) is 59.1 Å². The Bertz CT molecular complexity index is 4070. The summed E-state index contributed by atoms with van der Waals surface area (Å²) in [5, 5.41) is 9.34. The van der Waals surface area contributed by atoms with E-state index >= 15 is 0 Å². The first kappa shape index (κ1) is 104. The topological polar surface area (TPSA) is 437 Å². The lowest BCUT2D eigenvalue weighted by molar-refractivity contribution is -0.152. The smallest absolute Gasteiger partial charge is 0.410 e. The number of likely N-dealkylation sites (tertiary alicyclic amines) is 2. The molecule has 0 radical (unpaired) electrons. The van der Waals surface area contributed by atoms with Gasteiger partial charge in [-0.15, -0.1) is 0 Å². The van der Waals surface area contributed by atoms with Crippen molar-refractivity contribution >= 4 is 64.4 Å². The van der Waals surface area contributed by atoms with Crippen molar-refractivity contribution in [2.75, 3.05) is 85.2 Å². The number of nitrogens with two attached hydrogens (primary N) is 4. The predicted octanol–water partition coefficient (Wildman–Crippen LogP) is 12.7. The van der Waals surface area contributed by atoms with Crippen molar-refractivity contribution < 1.29 is 66.8 Å². The molecule has 7 aromatic heterocycles. The summed E-state index contributed by atoms with van der Waals surface area (Å²) in [5.41, 5.74) is 28.4. The second kappa shape index (κ2) is 59.5. The number of pyridine rings is 7. The average Bonchev–Trinajstić information content (AvgIpc) is 0.844. The minimum Gasteiger partial charge on any atom is -0.460 e. The number of hydrogen-bond donors (Lipinski definition) is 7. The van der Waals surface area contributed by atoms with E-state index in [0.717, 1.165) is 85.9 Å². The van der Waals surface area contributed by atoms with Crippen LogP contribution >= 0.6 is 11.6 Å². The molecule has 8 aromatic rings. The van der Waals surface area contributed by atoms with E-state index in [0.29, 0.717) is 56.4 Å². The van der Waals surface area contributed by atoms with Gasteiger partial charge in [-0.1, -0.05) is 72.8 Å². The van der Waals surface area contributed by atoms with Gasteiger partial charge in [-0.25, -0.2) is 24.0 Å². The molecule has 0 spiro atoms. The van der Waals surface area contributed by atoms with E-state index in [2.05, 4.69) is 89.3 Å². The zero-order valence-electron chi connectivity index (χ0n) is 72.8. The Balaban J connectivity index is 0.000000291. The molecular weight excluding hydrogens is 1590 g/mol. The number of benzene rings is 1. The molecule has 11 N–H and O–H groups in total. The molecule has 30 nitrogen and oxygen atoms in total. The predicted molar refractivity (Wildman–Crippen MR) is 473 cm³/mol. The summed E-state index contributed by atoms with van der Waals surface area (Å²) in [6.45, 7) is 26.7. The molecule has 0 unspecified atom stereocenters. The number of Topliss-reactive ketones (excluding diaryl/α,β-unsaturated/α-hetero) is 3. The number of piperidine rings is 5. The van der Waals surface area contributed by atoms with Crippen molar-refractivity contribution in [2.45, 2.75) is 187 Å². The van der Waals surface area contributed by atoms with E-state index < -0.39 is 46.0 Å². The van der Waals surface area contributed by atoms with Crippen LogP contribution in [0, 0.1) is 0 Å². The van der Waals surface area contributed by atoms with E-state index in [4.69, 9.17) is 44.0 Å². The molecule has 5 aliphatic heterocycles. The fraction of sp³-hybridized carbons (Fsp3) is 0.457. The molecule has 13 rings (SSSR count). The van der Waals surface area contributed by atoms with Crippen LogP contribution in [0.2, 0.25) is 0 Å². The number of ketones is 3. The maximum Gasteiger partial charge on any atom is 0.410 e. The maximum absolute atomic E-state index is 12.1. The highest BCUT2D eigenvalue weighted by molar-refractivity contribution is 6.61. The normalized spacial score (nSPS) is 17.4. The molecular formula is C92H127ClN16O14. The third-order valence-electron chi connectivity index (χ3n) is 18.4. The van der Waals surface area contributed by atoms with E-state index in [-0.39, 0.29) is 62.2 Å². The highest BCUT2D eigenvalue weighted by Crippen LogP contribution is 2.29. The monoisotopic (exact) mass is 1710 g/mol. The van der Waals surface area contributed by atoms with E-state index in [1.54, 1.807) is 42.2 Å². The van der Waals surface area contributed by atoms with Crippen LogP contribution in [0.15, 0.2) is 201 Å². The summed E-state index contributed by atoms with van der Waals surface area (Å²) in [5.74, 6) is -1.49. The molecule has 123 heavy (non-hydrogen) atoms. The summed E-state index contributed by atoms with van der Waals surface area (Å²) in [7, 11) is 0. The standard InChI is InChI=1S/2C15H22N2O2.C10H10N2O2.2C10H14N2.C8H7ClO2.2C7H11N3.2C5H8O3/c2*1-15(2,3)19-14(18)17-10-6-7-12(11-17)13-8-4-5-9-16-13;13-9-5-7(6-12-10(9)14)8-3-1-2-4-11-8;2*1-2-7-12-10(5-1)9-4-3-6-11-8-9;9-8(10)11-6-7-4-2-1-3-5-7;2*8-5-6(9)7-3-1-2-4-10-7;2*1-3-8-5(7)4(2)6/h2*4-5,8-9,12H,6-7,10-11H2,1-3H3;1-4,7H,5-6H2,(H,12,14);2*1-2,5,7,9,11H,3-4,6,8H2;1-5H,6H2;2*1-4,6H,5,8-9H2;2*3H2,1-2H3/t2*12-;7-;2*9-;;2*6-;;/m11111.10../s1. The van der Waals surface area contributed by atoms with Gasteiger partial charge in [-0.3, -0.25) is 54.1 Å². The number of amides is 3. The molecule has 12 heterocycles. The number of nitrogens with one attached hydrogen (secondary N) is 3. The molecule has 5 aliphatic rings. The molecule has 5 saturated heterocycles. The second-order valence-corrected chi connectivity index (χ2v) is 31.0. The number of ether oxygens (including phenoxy) is 5. The quantitative estimate of drug-likeness (QED) is 0.0217. The number of hydrogen-bond acceptors (Lipinski definition) is 27. The van der Waals surface area contributed by atoms with Gasteiger partial charge in [0.05, 0.1) is 36.7 Å². The fourth-order valence-corrected chi connectivity index (χ4v) is 12.3. The molecule has 31 heteroatoms. The van der Waals surface area contributed by atoms with E-state index in [1.165, 1.54) is 64.0 Å². The summed E-state index contributed by atoms with van der Waals surface area (Å²) in [6.07, 6.45) is 21.6. The number of halogens is 1. The number of aromatic nitrogens is 7. The van der Waals surface area contributed by atoms with Crippen LogP contribution in [-0.4, -0.2) is 194 Å². The lowest BCUT2D eigenvalue weighted by atomic mass is 9.94. The molecule has 5 fully saturated rings. The van der Waals surface area contributed by atoms with Gasteiger partial charge in [0.2, 0.25) is 17.3 Å². The van der Waals surface area contributed by atoms with Crippen LogP contribution in [0.4, 0.5) is 14.4 Å². The number of carbonyl (C=O) groups is 9. The first-order chi connectivity index (χ1) is 58.9. The Morgan fingerprint density at radius 3 is 1.06 bits per heavy atom. The third-order valence-corrected chi connectivity index (χ3v) is 18.5. The Hall–Kier alpha value is -11.3. The van der Waals surface area contributed by atoms with E-state index in [1.807, 2.05) is 200 Å². The van der Waals surface area contributed by atoms with Gasteiger partial charge < -0.3 is 72.4 Å². The molecule has 0 saturated carbocycles. The second-order valence-electron chi connectivity index (χ2n) is 30.7. The molecule has 0 bridgehead atoms. The number of rotatable bonds is 15. The number of carbonyl (C=O) groups excluding carboxylic acids is 9. The van der Waals surface area contributed by atoms with E-state index in [9.17, 15) is 43.2 Å². The van der Waals surface area contributed by atoms with Gasteiger partial charge in [0.1, 0.15) is 17.8 Å². The Kier molecular flexibility index (Phi) is 50.3. The van der Waals surface area contributed by atoms with Crippen molar-refractivity contribution in [2.24, 2.45) is 22.9 Å². The zero-order chi connectivity index (χ0) is 90.2. The van der Waals surface area contributed by atoms with Gasteiger partial charge >= 0.3 is 29.6 Å². The van der Waals surface area contributed by atoms with Crippen molar-refractivity contribution in [1.82, 2.24) is 60.6 Å². The summed E-state index contributed by atoms with van der Waals surface area (Å²) in [6, 6.07) is 50.1. The summed E-state index contributed by atoms with van der Waals surface area (Å²) in [4.78, 5) is 130. The van der Waals surface area contributed by atoms with Crippen molar-refractivity contribution in [3.8, 4) is 0 Å². The molecule has 666 valence electrons. The van der Waals surface area contributed by atoms with Crippen molar-refractivity contribution in [3.63, 3.8) is 0 Å². The highest BCUT2D eigenvalue weighted by Gasteiger charge is 2.32. The van der Waals surface area contributed by atoms with Crippen LogP contribution < -0.4 is 38.9 Å². The average molecular weight is 1720 g/mol. The first-order valence-electron chi connectivity index (χ1n) is 41.6. The lowest BCUT2D eigenvalue weighted by Gasteiger charge is -2.33. The first-order valence-corrected chi connectivity index (χ1v) is 42.0. The minimum atomic E-state index is -0.770. The fourth-order valence-electron chi connectivity index (χ4n) is 12.2. The summed E-state index contributed by atoms with van der Waals surface area (Å²) < 4.78 is 24.0. The Labute approximate surface area is 729 Å². The van der Waals surface area contributed by atoms with Crippen molar-refractivity contribution in [3.05, 3.63) is 247 Å². The van der Waals surface area contributed by atoms with Crippen LogP contribution in [0.5, 0.6) is 0 Å². The van der Waals surface area contributed by atoms with Crippen LogP contribution in [0.1, 0.15) is 214 Å². The van der Waals surface area contributed by atoms with Gasteiger partial charge in [0.25, 0.3) is 5.91 Å². The lowest BCUT2D eigenvalue weighted by Crippen LogP contribution is -2.42. The molecule has 0 aliphatic carbocycles. The highest BCUT2D eigenvalue weighted by atomic mass is 35.5. The van der Waals surface area contributed by atoms with Gasteiger partial charge in [-0.2, -0.15) is 0 Å². The van der Waals surface area contributed by atoms with Crippen LogP contribution in [0.3, 0.4) is 0 Å². The van der Waals surface area contributed by atoms with Gasteiger partial charge in [0.15, 0.2) is 0 Å². The number of nitrogens with zero attached hydrogens (tertiary/aromatic N) is 9. The zero-order valence-corrected chi connectivity index (χ0v) is 73.5. The Morgan fingerprint density at radius 1 is 0.447 bits per heavy atom. The minimum absolute atomic E-state index is 0.0291. The molecule has 1 aromatic carbocycles. The number of esters is 2.